The van der Waals surface area contributed by atoms with Gasteiger partial charge in [0, 0.05) is 11.0 Å². The van der Waals surface area contributed by atoms with E-state index in [1.807, 2.05) is 6.92 Å². The van der Waals surface area contributed by atoms with E-state index < -0.39 is 5.82 Å². The number of rotatable bonds is 4. The Morgan fingerprint density at radius 2 is 2.28 bits per heavy atom. The molecule has 2 aromatic rings. The summed E-state index contributed by atoms with van der Waals surface area (Å²) >= 11 is 3.18. The number of ketones is 1. The lowest BCUT2D eigenvalue weighted by Crippen LogP contribution is -2.12. The lowest BCUT2D eigenvalue weighted by Gasteiger charge is -2.05. The third-order valence-electron chi connectivity index (χ3n) is 2.56. The van der Waals surface area contributed by atoms with E-state index >= 15 is 0 Å². The summed E-state index contributed by atoms with van der Waals surface area (Å²) in [4.78, 5) is 16.1. The number of hydrogen-bond acceptors (Lipinski definition) is 3. The maximum absolute atomic E-state index is 13.6. The summed E-state index contributed by atoms with van der Waals surface area (Å²) in [6.45, 7) is 2.53. The van der Waals surface area contributed by atoms with Crippen LogP contribution in [0.15, 0.2) is 29.0 Å². The van der Waals surface area contributed by atoms with Crippen molar-refractivity contribution in [1.29, 1.82) is 0 Å². The second-order valence-corrected chi connectivity index (χ2v) is 4.54. The highest BCUT2D eigenvalue weighted by molar-refractivity contribution is 9.10. The Morgan fingerprint density at radius 3 is 2.94 bits per heavy atom. The molecule has 0 N–H and O–H groups in total. The monoisotopic (exact) mass is 311 g/mol. The molecule has 18 heavy (non-hydrogen) atoms. The van der Waals surface area contributed by atoms with Crippen molar-refractivity contribution in [1.82, 2.24) is 14.8 Å². The summed E-state index contributed by atoms with van der Waals surface area (Å²) in [5, 5.41) is 3.97. The number of halogens is 2. The van der Waals surface area contributed by atoms with Crippen LogP contribution >= 0.6 is 15.9 Å². The van der Waals surface area contributed by atoms with Gasteiger partial charge >= 0.3 is 0 Å². The van der Waals surface area contributed by atoms with Gasteiger partial charge in [0.25, 0.3) is 0 Å². The number of carbonyl (C=O) groups is 1. The maximum atomic E-state index is 13.6. The van der Waals surface area contributed by atoms with Gasteiger partial charge in [0.05, 0.1) is 12.0 Å². The summed E-state index contributed by atoms with van der Waals surface area (Å²) in [5.74, 6) is -0.308. The Balaban J connectivity index is 2.28. The van der Waals surface area contributed by atoms with Crippen molar-refractivity contribution in [3.05, 3.63) is 46.2 Å². The van der Waals surface area contributed by atoms with Crippen LogP contribution in [0.1, 0.15) is 23.1 Å². The Labute approximate surface area is 112 Å². The van der Waals surface area contributed by atoms with Crippen molar-refractivity contribution in [3.63, 3.8) is 0 Å². The van der Waals surface area contributed by atoms with Gasteiger partial charge in [0.2, 0.25) is 0 Å². The lowest BCUT2D eigenvalue weighted by atomic mass is 10.1. The normalized spacial score (nSPS) is 10.6. The molecule has 0 unspecified atom stereocenters. The zero-order chi connectivity index (χ0) is 13.1. The summed E-state index contributed by atoms with van der Waals surface area (Å²) in [6, 6.07) is 4.45. The van der Waals surface area contributed by atoms with Gasteiger partial charge in [-0.05, 0) is 35.0 Å². The SMILES string of the molecule is CCn1ncnc1CC(=O)c1c(F)cccc1Br. The molecule has 1 aromatic carbocycles. The van der Waals surface area contributed by atoms with Crippen LogP contribution in [0.5, 0.6) is 0 Å². The number of nitrogens with zero attached hydrogens (tertiary/aromatic N) is 3. The third kappa shape index (κ3) is 2.48. The predicted molar refractivity (Wildman–Crippen MR) is 67.8 cm³/mol. The van der Waals surface area contributed by atoms with Gasteiger partial charge < -0.3 is 0 Å². The van der Waals surface area contributed by atoms with Gasteiger partial charge in [-0.3, -0.25) is 4.79 Å². The van der Waals surface area contributed by atoms with E-state index in [0.29, 0.717) is 16.8 Å². The zero-order valence-corrected chi connectivity index (χ0v) is 11.3. The van der Waals surface area contributed by atoms with Crippen LogP contribution in [0, 0.1) is 5.82 Å². The molecule has 6 heteroatoms. The first-order chi connectivity index (χ1) is 8.63. The Kier molecular flexibility index (Phi) is 3.86. The molecule has 0 saturated carbocycles. The van der Waals surface area contributed by atoms with Crippen molar-refractivity contribution < 1.29 is 9.18 Å². The highest BCUT2D eigenvalue weighted by Crippen LogP contribution is 2.21. The Bertz CT molecular complexity index is 562. The topological polar surface area (TPSA) is 47.8 Å². The number of aromatic nitrogens is 3. The maximum Gasteiger partial charge on any atom is 0.174 e. The highest BCUT2D eigenvalue weighted by Gasteiger charge is 2.18. The fourth-order valence-electron chi connectivity index (χ4n) is 1.69. The second kappa shape index (κ2) is 5.39. The van der Waals surface area contributed by atoms with E-state index in [0.717, 1.165) is 0 Å². The van der Waals surface area contributed by atoms with Crippen LogP contribution in [-0.4, -0.2) is 20.5 Å². The molecule has 0 radical (unpaired) electrons. The van der Waals surface area contributed by atoms with Crippen LogP contribution in [0.2, 0.25) is 0 Å². The van der Waals surface area contributed by atoms with Crippen molar-refractivity contribution >= 4 is 21.7 Å². The minimum atomic E-state index is -0.531. The first kappa shape index (κ1) is 12.9. The number of carbonyl (C=O) groups excluding carboxylic acids is 1. The van der Waals surface area contributed by atoms with E-state index in [1.54, 1.807) is 16.8 Å². The van der Waals surface area contributed by atoms with Gasteiger partial charge in [-0.1, -0.05) is 6.07 Å². The molecular formula is C12H11BrFN3O. The smallest absolute Gasteiger partial charge is 0.174 e. The molecule has 0 fully saturated rings. The molecule has 2 rings (SSSR count). The Hall–Kier alpha value is -1.56. The number of benzene rings is 1. The van der Waals surface area contributed by atoms with Crippen molar-refractivity contribution in [2.75, 3.05) is 0 Å². The molecule has 0 bridgehead atoms. The van der Waals surface area contributed by atoms with Crippen LogP contribution in [-0.2, 0) is 13.0 Å². The zero-order valence-electron chi connectivity index (χ0n) is 9.73. The predicted octanol–water partition coefficient (Wildman–Crippen LogP) is 2.63. The quantitative estimate of drug-likeness (QED) is 0.816. The molecule has 1 heterocycles. The molecule has 0 atom stereocenters. The minimum Gasteiger partial charge on any atom is -0.294 e. The van der Waals surface area contributed by atoms with E-state index in [-0.39, 0.29) is 17.8 Å². The molecule has 0 aliphatic carbocycles. The average molecular weight is 312 g/mol. The lowest BCUT2D eigenvalue weighted by molar-refractivity contribution is 0.0984. The van der Waals surface area contributed by atoms with Gasteiger partial charge in [-0.15, -0.1) is 0 Å². The fourth-order valence-corrected chi connectivity index (χ4v) is 2.25. The first-order valence-electron chi connectivity index (χ1n) is 5.47. The van der Waals surface area contributed by atoms with Crippen LogP contribution in [0.4, 0.5) is 4.39 Å². The number of Topliss-reactive ketones (excluding diaryl/α,β-unsaturated/α-hetero) is 1. The van der Waals surface area contributed by atoms with E-state index in [2.05, 4.69) is 26.0 Å². The van der Waals surface area contributed by atoms with Gasteiger partial charge in [0.15, 0.2) is 5.78 Å². The van der Waals surface area contributed by atoms with Gasteiger partial charge in [-0.25, -0.2) is 14.1 Å². The molecule has 94 valence electrons. The van der Waals surface area contributed by atoms with E-state index in [4.69, 9.17) is 0 Å². The third-order valence-corrected chi connectivity index (χ3v) is 3.22. The molecule has 1 aromatic heterocycles. The molecule has 0 amide bonds. The molecule has 0 spiro atoms. The molecule has 0 aliphatic rings. The van der Waals surface area contributed by atoms with Crippen molar-refractivity contribution in [3.8, 4) is 0 Å². The van der Waals surface area contributed by atoms with Crippen LogP contribution < -0.4 is 0 Å². The van der Waals surface area contributed by atoms with E-state index in [1.165, 1.54) is 12.4 Å². The summed E-state index contributed by atoms with van der Waals surface area (Å²) in [6.07, 6.45) is 1.43. The average Bonchev–Trinajstić information content (AvgIpc) is 2.76. The van der Waals surface area contributed by atoms with Gasteiger partial charge in [0.1, 0.15) is 18.0 Å². The minimum absolute atomic E-state index is 0.0351. The Morgan fingerprint density at radius 1 is 1.50 bits per heavy atom. The van der Waals surface area contributed by atoms with Crippen LogP contribution in [0.3, 0.4) is 0 Å². The second-order valence-electron chi connectivity index (χ2n) is 3.69. The van der Waals surface area contributed by atoms with Crippen molar-refractivity contribution in [2.24, 2.45) is 0 Å². The summed E-state index contributed by atoms with van der Waals surface area (Å²) < 4.78 is 15.7. The number of aryl methyl sites for hydroxylation is 1. The summed E-state index contributed by atoms with van der Waals surface area (Å²) in [7, 11) is 0. The van der Waals surface area contributed by atoms with Gasteiger partial charge in [-0.2, -0.15) is 5.10 Å². The number of hydrogen-bond donors (Lipinski definition) is 0. The standard InChI is InChI=1S/C12H11BrFN3O/c1-2-17-11(15-7-16-17)6-10(18)12-8(13)4-3-5-9(12)14/h3-5,7H,2,6H2,1H3. The molecule has 4 nitrogen and oxygen atoms in total. The fraction of sp³-hybridized carbons (Fsp3) is 0.250. The van der Waals surface area contributed by atoms with E-state index in [9.17, 15) is 9.18 Å². The highest BCUT2D eigenvalue weighted by atomic mass is 79.9. The first-order valence-corrected chi connectivity index (χ1v) is 6.26. The van der Waals surface area contributed by atoms with Crippen LogP contribution in [0.25, 0.3) is 0 Å². The molecular weight excluding hydrogens is 301 g/mol. The molecule has 0 aliphatic heterocycles. The van der Waals surface area contributed by atoms with Crippen molar-refractivity contribution in [2.45, 2.75) is 19.9 Å². The molecule has 0 saturated heterocycles. The largest absolute Gasteiger partial charge is 0.294 e. The summed E-state index contributed by atoms with van der Waals surface area (Å²) in [5.41, 5.74) is 0.0585.